The van der Waals surface area contributed by atoms with Crippen molar-refractivity contribution in [2.45, 2.75) is 12.8 Å². The molecule has 0 aliphatic rings. The molecule has 0 aromatic heterocycles. The van der Waals surface area contributed by atoms with Gasteiger partial charge in [-0.3, -0.25) is 14.4 Å². The van der Waals surface area contributed by atoms with Crippen LogP contribution in [0.25, 0.3) is 0 Å². The number of ether oxygens (including phenoxy) is 2. The summed E-state index contributed by atoms with van der Waals surface area (Å²) in [5.41, 5.74) is 0. The third-order valence-corrected chi connectivity index (χ3v) is 1.63. The van der Waals surface area contributed by atoms with Crippen molar-refractivity contribution in [1.29, 1.82) is 0 Å². The van der Waals surface area contributed by atoms with Gasteiger partial charge in [-0.05, 0) is 0 Å². The molecule has 0 atom stereocenters. The highest BCUT2D eigenvalue weighted by Crippen LogP contribution is 2.10. The Hall–Kier alpha value is -1.59. The van der Waals surface area contributed by atoms with Gasteiger partial charge in [-0.1, -0.05) is 0 Å². The Morgan fingerprint density at radius 3 is 1.64 bits per heavy atom. The van der Waals surface area contributed by atoms with Crippen LogP contribution in [0.3, 0.4) is 0 Å². The normalized spacial score (nSPS) is 9.64. The molecule has 0 aliphatic carbocycles. The molecule has 14 heavy (non-hydrogen) atoms. The van der Waals surface area contributed by atoms with E-state index in [9.17, 15) is 14.4 Å². The van der Waals surface area contributed by atoms with Gasteiger partial charge in [-0.15, -0.1) is 0 Å². The van der Waals surface area contributed by atoms with Gasteiger partial charge in [-0.2, -0.15) is 0 Å². The summed E-state index contributed by atoms with van der Waals surface area (Å²) < 4.78 is 8.58. The molecule has 0 amide bonds. The fraction of sp³-hybridized carbons (Fsp3) is 0.625. The van der Waals surface area contributed by atoms with Crippen LogP contribution in [0.15, 0.2) is 0 Å². The molecule has 6 nitrogen and oxygen atoms in total. The van der Waals surface area contributed by atoms with Gasteiger partial charge in [-0.25, -0.2) is 0 Å². The SMILES string of the molecule is COC(=O)CC(CC(=O)OC)C(=O)O. The monoisotopic (exact) mass is 204 g/mol. The van der Waals surface area contributed by atoms with Crippen LogP contribution < -0.4 is 0 Å². The summed E-state index contributed by atoms with van der Waals surface area (Å²) in [6.07, 6.45) is -0.665. The second-order valence-corrected chi connectivity index (χ2v) is 2.60. The Morgan fingerprint density at radius 1 is 1.07 bits per heavy atom. The van der Waals surface area contributed by atoms with Gasteiger partial charge in [0.1, 0.15) is 0 Å². The zero-order valence-electron chi connectivity index (χ0n) is 7.98. The van der Waals surface area contributed by atoms with Gasteiger partial charge in [0.05, 0.1) is 33.0 Å². The molecule has 0 rings (SSSR count). The first-order chi connectivity index (χ1) is 6.51. The first-order valence-corrected chi connectivity index (χ1v) is 3.87. The predicted molar refractivity (Wildman–Crippen MR) is 44.4 cm³/mol. The molecular weight excluding hydrogens is 192 g/mol. The van der Waals surface area contributed by atoms with Crippen LogP contribution in [-0.4, -0.2) is 37.2 Å². The van der Waals surface area contributed by atoms with E-state index in [2.05, 4.69) is 9.47 Å². The van der Waals surface area contributed by atoms with Crippen molar-refractivity contribution < 1.29 is 29.0 Å². The van der Waals surface area contributed by atoms with Crippen molar-refractivity contribution in [3.8, 4) is 0 Å². The number of hydrogen-bond donors (Lipinski definition) is 1. The van der Waals surface area contributed by atoms with E-state index < -0.39 is 23.8 Å². The van der Waals surface area contributed by atoms with Crippen LogP contribution in [0.1, 0.15) is 12.8 Å². The summed E-state index contributed by atoms with van der Waals surface area (Å²) >= 11 is 0. The van der Waals surface area contributed by atoms with E-state index in [4.69, 9.17) is 5.11 Å². The van der Waals surface area contributed by atoms with Crippen LogP contribution in [0.4, 0.5) is 0 Å². The molecule has 80 valence electrons. The topological polar surface area (TPSA) is 89.9 Å². The molecule has 0 aliphatic heterocycles. The maximum absolute atomic E-state index is 10.8. The van der Waals surface area contributed by atoms with Crippen molar-refractivity contribution in [1.82, 2.24) is 0 Å². The molecule has 0 unspecified atom stereocenters. The first-order valence-electron chi connectivity index (χ1n) is 3.87. The smallest absolute Gasteiger partial charge is 0.307 e. The minimum atomic E-state index is -1.22. The summed E-state index contributed by atoms with van der Waals surface area (Å²) in [7, 11) is 2.30. The van der Waals surface area contributed by atoms with Gasteiger partial charge >= 0.3 is 17.9 Å². The summed E-state index contributed by atoms with van der Waals surface area (Å²) in [5.74, 6) is -3.64. The third-order valence-electron chi connectivity index (χ3n) is 1.63. The van der Waals surface area contributed by atoms with E-state index in [1.54, 1.807) is 0 Å². The molecular formula is C8H12O6. The largest absolute Gasteiger partial charge is 0.481 e. The molecule has 0 fully saturated rings. The van der Waals surface area contributed by atoms with Gasteiger partial charge < -0.3 is 14.6 Å². The molecule has 0 saturated carbocycles. The second-order valence-electron chi connectivity index (χ2n) is 2.60. The van der Waals surface area contributed by atoms with Crippen LogP contribution in [0.2, 0.25) is 0 Å². The Morgan fingerprint density at radius 2 is 1.43 bits per heavy atom. The predicted octanol–water partition coefficient (Wildman–Crippen LogP) is -0.187. The van der Waals surface area contributed by atoms with Gasteiger partial charge in [0, 0.05) is 0 Å². The summed E-state index contributed by atoms with van der Waals surface area (Å²) in [5, 5.41) is 8.65. The zero-order valence-corrected chi connectivity index (χ0v) is 7.98. The minimum absolute atomic E-state index is 0.332. The number of methoxy groups -OCH3 is 2. The molecule has 0 spiro atoms. The zero-order chi connectivity index (χ0) is 11.1. The summed E-state index contributed by atoms with van der Waals surface area (Å²) in [6.45, 7) is 0. The average Bonchev–Trinajstić information content (AvgIpc) is 2.16. The standard InChI is InChI=1S/C8H12O6/c1-13-6(9)3-5(8(11)12)4-7(10)14-2/h5H,3-4H2,1-2H3,(H,11,12). The molecule has 1 N–H and O–H groups in total. The first kappa shape index (κ1) is 12.4. The number of carboxylic acids is 1. The Labute approximate surface area is 80.8 Å². The Bertz CT molecular complexity index is 216. The van der Waals surface area contributed by atoms with Crippen molar-refractivity contribution in [3.63, 3.8) is 0 Å². The number of esters is 2. The van der Waals surface area contributed by atoms with Crippen LogP contribution >= 0.6 is 0 Å². The van der Waals surface area contributed by atoms with E-state index in [1.165, 1.54) is 0 Å². The highest BCUT2D eigenvalue weighted by Gasteiger charge is 2.24. The van der Waals surface area contributed by atoms with E-state index >= 15 is 0 Å². The van der Waals surface area contributed by atoms with E-state index in [0.717, 1.165) is 14.2 Å². The number of carboxylic acid groups (broad SMARTS) is 1. The van der Waals surface area contributed by atoms with Crippen molar-refractivity contribution >= 4 is 17.9 Å². The maximum atomic E-state index is 10.8. The molecule has 0 heterocycles. The van der Waals surface area contributed by atoms with Crippen molar-refractivity contribution in [3.05, 3.63) is 0 Å². The fourth-order valence-corrected chi connectivity index (χ4v) is 0.816. The number of carbonyl (C=O) groups excluding carboxylic acids is 2. The van der Waals surface area contributed by atoms with Crippen LogP contribution in [0.5, 0.6) is 0 Å². The van der Waals surface area contributed by atoms with E-state index in [0.29, 0.717) is 0 Å². The average molecular weight is 204 g/mol. The summed E-state index contributed by atoms with van der Waals surface area (Å²) in [4.78, 5) is 32.1. The Kier molecular flexibility index (Phi) is 5.28. The highest BCUT2D eigenvalue weighted by molar-refractivity contribution is 5.83. The second kappa shape index (κ2) is 5.95. The quantitative estimate of drug-likeness (QED) is 0.624. The van der Waals surface area contributed by atoms with Crippen molar-refractivity contribution in [2.24, 2.45) is 5.92 Å². The molecule has 0 radical (unpaired) electrons. The fourth-order valence-electron chi connectivity index (χ4n) is 0.816. The number of aliphatic carboxylic acids is 1. The maximum Gasteiger partial charge on any atom is 0.307 e. The van der Waals surface area contributed by atoms with E-state index in [-0.39, 0.29) is 12.8 Å². The lowest BCUT2D eigenvalue weighted by atomic mass is 10.0. The van der Waals surface area contributed by atoms with Crippen molar-refractivity contribution in [2.75, 3.05) is 14.2 Å². The number of carbonyl (C=O) groups is 3. The van der Waals surface area contributed by atoms with Gasteiger partial charge in [0.15, 0.2) is 0 Å². The van der Waals surface area contributed by atoms with Crippen LogP contribution in [0, 0.1) is 5.92 Å². The lowest BCUT2D eigenvalue weighted by Gasteiger charge is -2.08. The highest BCUT2D eigenvalue weighted by atomic mass is 16.5. The lowest BCUT2D eigenvalue weighted by Crippen LogP contribution is -2.22. The van der Waals surface area contributed by atoms with E-state index in [1.807, 2.05) is 0 Å². The van der Waals surface area contributed by atoms with Gasteiger partial charge in [0.2, 0.25) is 0 Å². The summed E-state index contributed by atoms with van der Waals surface area (Å²) in [6, 6.07) is 0. The number of rotatable bonds is 5. The molecule has 0 aromatic rings. The lowest BCUT2D eigenvalue weighted by molar-refractivity contribution is -0.154. The molecule has 0 aromatic carbocycles. The molecule has 0 bridgehead atoms. The van der Waals surface area contributed by atoms with Gasteiger partial charge in [0.25, 0.3) is 0 Å². The molecule has 6 heteroatoms. The minimum Gasteiger partial charge on any atom is -0.481 e. The van der Waals surface area contributed by atoms with Crippen LogP contribution in [-0.2, 0) is 23.9 Å². The Balaban J connectivity index is 4.23. The third kappa shape index (κ3) is 4.44. The number of hydrogen-bond acceptors (Lipinski definition) is 5. The molecule has 0 saturated heterocycles.